The quantitative estimate of drug-likeness (QED) is 0.558. The van der Waals surface area contributed by atoms with Gasteiger partial charge in [0.25, 0.3) is 0 Å². The van der Waals surface area contributed by atoms with E-state index < -0.39 is 22.6 Å². The third-order valence-corrected chi connectivity index (χ3v) is 5.41. The summed E-state index contributed by atoms with van der Waals surface area (Å²) in [6.45, 7) is 0.567. The van der Waals surface area contributed by atoms with Gasteiger partial charge < -0.3 is 4.74 Å². The molecule has 0 aliphatic heterocycles. The number of unbranched alkanes of at least 4 members (excludes halogenated alkanes) is 5. The Morgan fingerprint density at radius 1 is 1.12 bits per heavy atom. The molecule has 0 heterocycles. The van der Waals surface area contributed by atoms with Crippen LogP contribution in [0.5, 0.6) is 5.75 Å². The van der Waals surface area contributed by atoms with E-state index in [1.165, 1.54) is 6.07 Å². The van der Waals surface area contributed by atoms with Gasteiger partial charge in [0.1, 0.15) is 11.8 Å². The van der Waals surface area contributed by atoms with Gasteiger partial charge in [0.15, 0.2) is 16.4 Å². The number of benzene rings is 1. The summed E-state index contributed by atoms with van der Waals surface area (Å²) in [7, 11) is -3.76. The third-order valence-electron chi connectivity index (χ3n) is 3.58. The van der Waals surface area contributed by atoms with Crippen molar-refractivity contribution in [1.29, 1.82) is 5.26 Å². The Morgan fingerprint density at radius 3 is 2.36 bits per heavy atom. The first-order valence-corrected chi connectivity index (χ1v) is 9.81. The van der Waals surface area contributed by atoms with E-state index in [1.54, 1.807) is 6.07 Å². The number of nitrogens with zero attached hydrogens (tertiary/aromatic N) is 1. The van der Waals surface area contributed by atoms with Crippen molar-refractivity contribution in [2.75, 3.05) is 12.4 Å². The number of sulfone groups is 1. The maximum absolute atomic E-state index is 12.4. The number of ether oxygens (including phenoxy) is 1. The zero-order valence-electron chi connectivity index (χ0n) is 14.1. The van der Waals surface area contributed by atoms with E-state index in [-0.39, 0.29) is 22.0 Å². The second-order valence-corrected chi connectivity index (χ2v) is 7.84. The van der Waals surface area contributed by atoms with Crippen molar-refractivity contribution < 1.29 is 26.3 Å². The Morgan fingerprint density at radius 2 is 1.76 bits per heavy atom. The van der Waals surface area contributed by atoms with Crippen LogP contribution >= 0.6 is 0 Å². The van der Waals surface area contributed by atoms with Crippen molar-refractivity contribution in [2.24, 2.45) is 0 Å². The lowest BCUT2D eigenvalue weighted by Crippen LogP contribution is -2.19. The maximum atomic E-state index is 12.4. The van der Waals surface area contributed by atoms with Crippen molar-refractivity contribution in [3.05, 3.63) is 23.8 Å². The minimum atomic E-state index is -4.52. The molecule has 0 atom stereocenters. The molecule has 0 fully saturated rings. The molecule has 0 saturated carbocycles. The molecule has 0 spiro atoms. The monoisotopic (exact) mass is 377 g/mol. The van der Waals surface area contributed by atoms with Gasteiger partial charge in [-0.2, -0.15) is 18.4 Å². The number of rotatable bonds is 10. The molecule has 4 nitrogen and oxygen atoms in total. The van der Waals surface area contributed by atoms with E-state index in [4.69, 9.17) is 5.26 Å². The van der Waals surface area contributed by atoms with E-state index in [0.29, 0.717) is 6.42 Å². The summed E-state index contributed by atoms with van der Waals surface area (Å²) in [5.74, 6) is -0.367. The van der Waals surface area contributed by atoms with Gasteiger partial charge in [0, 0.05) is 6.07 Å². The molecule has 0 aromatic heterocycles. The van der Waals surface area contributed by atoms with Gasteiger partial charge in [-0.15, -0.1) is 0 Å². The van der Waals surface area contributed by atoms with E-state index in [1.807, 2.05) is 0 Å². The Bertz CT molecular complexity index is 694. The third kappa shape index (κ3) is 7.78. The van der Waals surface area contributed by atoms with E-state index in [2.05, 4.69) is 11.7 Å². The number of hydrogen-bond acceptors (Lipinski definition) is 4. The first-order chi connectivity index (χ1) is 11.7. The van der Waals surface area contributed by atoms with Crippen molar-refractivity contribution in [3.63, 3.8) is 0 Å². The topological polar surface area (TPSA) is 67.2 Å². The smallest absolute Gasteiger partial charge is 0.422 e. The highest BCUT2D eigenvalue weighted by Gasteiger charge is 2.29. The minimum Gasteiger partial charge on any atom is -0.484 e. The van der Waals surface area contributed by atoms with E-state index >= 15 is 0 Å². The molecule has 0 N–H and O–H groups in total. The van der Waals surface area contributed by atoms with Crippen molar-refractivity contribution in [1.82, 2.24) is 0 Å². The Labute approximate surface area is 146 Å². The molecule has 0 saturated heterocycles. The van der Waals surface area contributed by atoms with Crippen LogP contribution in [0.1, 0.15) is 51.0 Å². The van der Waals surface area contributed by atoms with Crippen molar-refractivity contribution in [2.45, 2.75) is 56.5 Å². The van der Waals surface area contributed by atoms with Crippen LogP contribution in [0.15, 0.2) is 23.1 Å². The van der Waals surface area contributed by atoms with Crippen LogP contribution in [0.25, 0.3) is 0 Å². The summed E-state index contributed by atoms with van der Waals surface area (Å²) >= 11 is 0. The average molecular weight is 377 g/mol. The fourth-order valence-electron chi connectivity index (χ4n) is 2.29. The molecule has 0 amide bonds. The van der Waals surface area contributed by atoms with Crippen LogP contribution in [0.2, 0.25) is 0 Å². The summed E-state index contributed by atoms with van der Waals surface area (Å²) in [6, 6.07) is 5.09. The van der Waals surface area contributed by atoms with Crippen LogP contribution in [0.4, 0.5) is 13.2 Å². The second kappa shape index (κ2) is 9.66. The predicted molar refractivity (Wildman–Crippen MR) is 88.1 cm³/mol. The molecule has 25 heavy (non-hydrogen) atoms. The molecule has 0 aliphatic carbocycles. The molecule has 140 valence electrons. The highest BCUT2D eigenvalue weighted by molar-refractivity contribution is 7.91. The SMILES string of the molecule is CCCCCCCCS(=O)(=O)c1cc(OCC(F)(F)F)ccc1C#N. The standard InChI is InChI=1S/C17H22F3NO3S/c1-2-3-4-5-6-7-10-25(22,23)16-11-15(9-8-14(16)12-21)24-13-17(18,19)20/h8-9,11H,2-7,10,13H2,1H3. The number of alkyl halides is 3. The number of nitriles is 1. The van der Waals surface area contributed by atoms with Gasteiger partial charge >= 0.3 is 6.18 Å². The van der Waals surface area contributed by atoms with Crippen LogP contribution in [-0.2, 0) is 9.84 Å². The molecule has 0 bridgehead atoms. The van der Waals surface area contributed by atoms with E-state index in [9.17, 15) is 21.6 Å². The fourth-order valence-corrected chi connectivity index (χ4v) is 3.84. The Hall–Kier alpha value is -1.75. The summed E-state index contributed by atoms with van der Waals surface area (Å²) in [5.41, 5.74) is -0.0923. The molecule has 0 unspecified atom stereocenters. The van der Waals surface area contributed by atoms with Gasteiger partial charge in [-0.1, -0.05) is 39.0 Å². The summed E-state index contributed by atoms with van der Waals surface area (Å²) in [5, 5.41) is 9.07. The summed E-state index contributed by atoms with van der Waals surface area (Å²) in [4.78, 5) is -0.275. The fraction of sp³-hybridized carbons (Fsp3) is 0.588. The van der Waals surface area contributed by atoms with Gasteiger partial charge in [-0.25, -0.2) is 8.42 Å². The maximum Gasteiger partial charge on any atom is 0.422 e. The Kier molecular flexibility index (Phi) is 8.23. The average Bonchev–Trinajstić information content (AvgIpc) is 2.55. The lowest BCUT2D eigenvalue weighted by molar-refractivity contribution is -0.153. The first kappa shape index (κ1) is 21.3. The molecule has 1 aromatic carbocycles. The summed E-state index contributed by atoms with van der Waals surface area (Å²) < 4.78 is 66.1. The molecule has 8 heteroatoms. The largest absolute Gasteiger partial charge is 0.484 e. The van der Waals surface area contributed by atoms with Gasteiger partial charge in [0.2, 0.25) is 0 Å². The highest BCUT2D eigenvalue weighted by Crippen LogP contribution is 2.25. The predicted octanol–water partition coefficient (Wildman–Crippen LogP) is 4.63. The van der Waals surface area contributed by atoms with E-state index in [0.717, 1.165) is 44.2 Å². The van der Waals surface area contributed by atoms with Gasteiger partial charge in [-0.05, 0) is 18.6 Å². The van der Waals surface area contributed by atoms with Crippen LogP contribution in [0, 0.1) is 11.3 Å². The highest BCUT2D eigenvalue weighted by atomic mass is 32.2. The zero-order valence-corrected chi connectivity index (χ0v) is 14.9. The molecular weight excluding hydrogens is 355 g/mol. The van der Waals surface area contributed by atoms with Crippen molar-refractivity contribution in [3.8, 4) is 11.8 Å². The van der Waals surface area contributed by atoms with Gasteiger partial charge in [-0.3, -0.25) is 0 Å². The lowest BCUT2D eigenvalue weighted by atomic mass is 10.1. The molecular formula is C17H22F3NO3S. The molecule has 0 aliphatic rings. The molecule has 0 radical (unpaired) electrons. The first-order valence-electron chi connectivity index (χ1n) is 8.16. The Balaban J connectivity index is 2.80. The second-order valence-electron chi connectivity index (χ2n) is 5.76. The van der Waals surface area contributed by atoms with Crippen LogP contribution < -0.4 is 4.74 Å². The zero-order chi connectivity index (χ0) is 18.9. The lowest BCUT2D eigenvalue weighted by Gasteiger charge is -2.12. The minimum absolute atomic E-state index is 0.0923. The van der Waals surface area contributed by atoms with Crippen LogP contribution in [-0.4, -0.2) is 27.0 Å². The molecule has 1 aromatic rings. The van der Waals surface area contributed by atoms with Crippen LogP contribution in [0.3, 0.4) is 0 Å². The van der Waals surface area contributed by atoms with Crippen molar-refractivity contribution >= 4 is 9.84 Å². The normalized spacial score (nSPS) is 12.0. The van der Waals surface area contributed by atoms with Gasteiger partial charge in [0.05, 0.1) is 16.2 Å². The number of hydrogen-bond donors (Lipinski definition) is 0. The summed E-state index contributed by atoms with van der Waals surface area (Å²) in [6.07, 6.45) is 0.851. The number of halogens is 3. The molecule has 1 rings (SSSR count).